The first-order chi connectivity index (χ1) is 8.95. The number of amides is 1. The van der Waals surface area contributed by atoms with E-state index in [1.54, 1.807) is 6.07 Å². The van der Waals surface area contributed by atoms with Gasteiger partial charge in [0.25, 0.3) is 5.91 Å². The SMILES string of the molecule is COCCC(NC(=O)c1cc(Br)ccc1O)C(=O)O. The van der Waals surface area contributed by atoms with E-state index in [-0.39, 0.29) is 24.3 Å². The Morgan fingerprint density at radius 1 is 1.47 bits per heavy atom. The van der Waals surface area contributed by atoms with Crippen molar-refractivity contribution in [1.29, 1.82) is 0 Å². The molecule has 0 fully saturated rings. The summed E-state index contributed by atoms with van der Waals surface area (Å²) < 4.78 is 5.39. The molecule has 3 N–H and O–H groups in total. The first kappa shape index (κ1) is 15.5. The lowest BCUT2D eigenvalue weighted by atomic mass is 10.1. The van der Waals surface area contributed by atoms with Crippen molar-refractivity contribution in [2.75, 3.05) is 13.7 Å². The zero-order valence-electron chi connectivity index (χ0n) is 10.2. The van der Waals surface area contributed by atoms with E-state index in [1.165, 1.54) is 19.2 Å². The summed E-state index contributed by atoms with van der Waals surface area (Å²) in [4.78, 5) is 22.9. The Morgan fingerprint density at radius 3 is 2.74 bits per heavy atom. The number of carboxylic acids is 1. The summed E-state index contributed by atoms with van der Waals surface area (Å²) in [7, 11) is 1.45. The summed E-state index contributed by atoms with van der Waals surface area (Å²) in [5.74, 6) is -2.02. The molecule has 1 amide bonds. The van der Waals surface area contributed by atoms with Gasteiger partial charge in [-0.25, -0.2) is 4.79 Å². The summed E-state index contributed by atoms with van der Waals surface area (Å²) in [6.07, 6.45) is 0.145. The van der Waals surface area contributed by atoms with Crippen molar-refractivity contribution >= 4 is 27.8 Å². The highest BCUT2D eigenvalue weighted by atomic mass is 79.9. The number of carbonyl (C=O) groups is 2. The zero-order chi connectivity index (χ0) is 14.4. The molecule has 7 heteroatoms. The van der Waals surface area contributed by atoms with Crippen LogP contribution < -0.4 is 5.32 Å². The number of hydrogen-bond acceptors (Lipinski definition) is 4. The minimum atomic E-state index is -1.15. The van der Waals surface area contributed by atoms with E-state index in [2.05, 4.69) is 21.2 Å². The van der Waals surface area contributed by atoms with Gasteiger partial charge in [0.1, 0.15) is 11.8 Å². The summed E-state index contributed by atoms with van der Waals surface area (Å²) in [5, 5.41) is 20.9. The lowest BCUT2D eigenvalue weighted by Gasteiger charge is -2.14. The zero-order valence-corrected chi connectivity index (χ0v) is 11.8. The average Bonchev–Trinajstić information content (AvgIpc) is 2.36. The predicted molar refractivity (Wildman–Crippen MR) is 71.2 cm³/mol. The molecule has 6 nitrogen and oxygen atoms in total. The number of methoxy groups -OCH3 is 1. The summed E-state index contributed by atoms with van der Waals surface area (Å²) >= 11 is 3.17. The molecule has 19 heavy (non-hydrogen) atoms. The van der Waals surface area contributed by atoms with Crippen molar-refractivity contribution < 1.29 is 24.5 Å². The normalized spacial score (nSPS) is 11.9. The van der Waals surface area contributed by atoms with Gasteiger partial charge < -0.3 is 20.3 Å². The van der Waals surface area contributed by atoms with E-state index in [9.17, 15) is 14.7 Å². The smallest absolute Gasteiger partial charge is 0.326 e. The van der Waals surface area contributed by atoms with Gasteiger partial charge in [-0.15, -0.1) is 0 Å². The first-order valence-corrected chi connectivity index (χ1v) is 6.26. The van der Waals surface area contributed by atoms with Gasteiger partial charge in [-0.3, -0.25) is 4.79 Å². The third-order valence-electron chi connectivity index (χ3n) is 2.42. The van der Waals surface area contributed by atoms with Crippen molar-refractivity contribution in [2.24, 2.45) is 0 Å². The fourth-order valence-electron chi connectivity index (χ4n) is 1.42. The third kappa shape index (κ3) is 4.53. The van der Waals surface area contributed by atoms with Crippen molar-refractivity contribution in [3.05, 3.63) is 28.2 Å². The number of halogens is 1. The van der Waals surface area contributed by atoms with Crippen molar-refractivity contribution in [2.45, 2.75) is 12.5 Å². The molecule has 0 aliphatic carbocycles. The van der Waals surface area contributed by atoms with Crippen molar-refractivity contribution in [3.63, 3.8) is 0 Å². The standard InChI is InChI=1S/C12H14BrNO5/c1-19-5-4-9(12(17)18)14-11(16)8-6-7(13)2-3-10(8)15/h2-3,6,9,15H,4-5H2,1H3,(H,14,16)(H,17,18). The van der Waals surface area contributed by atoms with E-state index in [0.717, 1.165) is 0 Å². The maximum atomic E-state index is 11.9. The maximum Gasteiger partial charge on any atom is 0.326 e. The van der Waals surface area contributed by atoms with Crippen LogP contribution in [0.2, 0.25) is 0 Å². The molecule has 0 aliphatic heterocycles. The fourth-order valence-corrected chi connectivity index (χ4v) is 1.78. The molecule has 0 heterocycles. The molecule has 104 valence electrons. The monoisotopic (exact) mass is 331 g/mol. The van der Waals surface area contributed by atoms with Crippen LogP contribution in [0.25, 0.3) is 0 Å². The topological polar surface area (TPSA) is 95.9 Å². The highest BCUT2D eigenvalue weighted by Crippen LogP contribution is 2.21. The van der Waals surface area contributed by atoms with Gasteiger partial charge in [0.2, 0.25) is 0 Å². The summed E-state index contributed by atoms with van der Waals surface area (Å²) in [6.45, 7) is 0.210. The molecular weight excluding hydrogens is 318 g/mol. The second kappa shape index (κ2) is 7.10. The Kier molecular flexibility index (Phi) is 5.78. The minimum Gasteiger partial charge on any atom is -0.507 e. The van der Waals surface area contributed by atoms with Gasteiger partial charge in [-0.1, -0.05) is 15.9 Å². The molecule has 0 saturated heterocycles. The van der Waals surface area contributed by atoms with Crippen molar-refractivity contribution in [1.82, 2.24) is 5.32 Å². The van der Waals surface area contributed by atoms with Gasteiger partial charge in [0, 0.05) is 24.6 Å². The molecule has 1 unspecified atom stereocenters. The molecule has 0 saturated carbocycles. The highest BCUT2D eigenvalue weighted by Gasteiger charge is 2.21. The molecule has 0 spiro atoms. The molecule has 0 aliphatic rings. The molecule has 0 bridgehead atoms. The Morgan fingerprint density at radius 2 is 2.16 bits per heavy atom. The van der Waals surface area contributed by atoms with Crippen LogP contribution in [0, 0.1) is 0 Å². The van der Waals surface area contributed by atoms with Gasteiger partial charge in [-0.05, 0) is 18.2 Å². The molecule has 0 radical (unpaired) electrons. The lowest BCUT2D eigenvalue weighted by molar-refractivity contribution is -0.139. The second-order valence-electron chi connectivity index (χ2n) is 3.81. The molecule has 1 atom stereocenters. The van der Waals surface area contributed by atoms with Crippen LogP contribution in [-0.4, -0.2) is 41.8 Å². The van der Waals surface area contributed by atoms with Crippen LogP contribution in [0.15, 0.2) is 22.7 Å². The largest absolute Gasteiger partial charge is 0.507 e. The van der Waals surface area contributed by atoms with Gasteiger partial charge in [-0.2, -0.15) is 0 Å². The molecular formula is C12H14BrNO5. The van der Waals surface area contributed by atoms with E-state index in [1.807, 2.05) is 0 Å². The number of phenolic OH excluding ortho intramolecular Hbond substituents is 1. The van der Waals surface area contributed by atoms with Gasteiger partial charge in [0.05, 0.1) is 5.56 Å². The maximum absolute atomic E-state index is 11.9. The minimum absolute atomic E-state index is 0.0121. The molecule has 0 aromatic heterocycles. The van der Waals surface area contributed by atoms with Crippen LogP contribution in [0.1, 0.15) is 16.8 Å². The Labute approximate surface area is 118 Å². The van der Waals surface area contributed by atoms with Crippen LogP contribution in [0.4, 0.5) is 0 Å². The molecule has 1 aromatic rings. The second-order valence-corrected chi connectivity index (χ2v) is 4.72. The predicted octanol–water partition coefficient (Wildman–Crippen LogP) is 1.37. The molecule has 1 aromatic carbocycles. The number of benzene rings is 1. The summed E-state index contributed by atoms with van der Waals surface area (Å²) in [6, 6.07) is 3.28. The first-order valence-electron chi connectivity index (χ1n) is 5.46. The van der Waals surface area contributed by atoms with E-state index in [0.29, 0.717) is 4.47 Å². The number of carbonyl (C=O) groups excluding carboxylic acids is 1. The number of aliphatic carboxylic acids is 1. The highest BCUT2D eigenvalue weighted by molar-refractivity contribution is 9.10. The van der Waals surface area contributed by atoms with E-state index in [4.69, 9.17) is 9.84 Å². The number of nitrogens with one attached hydrogen (secondary N) is 1. The number of phenols is 1. The van der Waals surface area contributed by atoms with E-state index >= 15 is 0 Å². The Bertz CT molecular complexity index is 477. The van der Waals surface area contributed by atoms with Crippen LogP contribution >= 0.6 is 15.9 Å². The van der Waals surface area contributed by atoms with Gasteiger partial charge >= 0.3 is 5.97 Å². The number of rotatable bonds is 6. The van der Waals surface area contributed by atoms with Crippen LogP contribution in [0.3, 0.4) is 0 Å². The summed E-state index contributed by atoms with van der Waals surface area (Å²) in [5.41, 5.74) is 0.0121. The number of hydrogen-bond donors (Lipinski definition) is 3. The molecule has 1 rings (SSSR count). The Balaban J connectivity index is 2.81. The number of aromatic hydroxyl groups is 1. The average molecular weight is 332 g/mol. The van der Waals surface area contributed by atoms with E-state index < -0.39 is 17.9 Å². The number of ether oxygens (including phenoxy) is 1. The quantitative estimate of drug-likeness (QED) is 0.731. The van der Waals surface area contributed by atoms with Crippen LogP contribution in [-0.2, 0) is 9.53 Å². The Hall–Kier alpha value is -1.60. The lowest BCUT2D eigenvalue weighted by Crippen LogP contribution is -2.41. The van der Waals surface area contributed by atoms with Crippen molar-refractivity contribution in [3.8, 4) is 5.75 Å². The third-order valence-corrected chi connectivity index (χ3v) is 2.91. The van der Waals surface area contributed by atoms with Crippen LogP contribution in [0.5, 0.6) is 5.75 Å². The number of carboxylic acid groups (broad SMARTS) is 1. The van der Waals surface area contributed by atoms with Gasteiger partial charge in [0.15, 0.2) is 0 Å². The fraction of sp³-hybridized carbons (Fsp3) is 0.333.